The molecule has 124 valence electrons. The van der Waals surface area contributed by atoms with Gasteiger partial charge in [-0.15, -0.1) is 11.3 Å². The summed E-state index contributed by atoms with van der Waals surface area (Å²) in [5.41, 5.74) is 0.931. The van der Waals surface area contributed by atoms with E-state index >= 15 is 0 Å². The normalized spacial score (nSPS) is 21.7. The molecule has 4 nitrogen and oxygen atoms in total. The maximum atomic E-state index is 12.2. The van der Waals surface area contributed by atoms with Gasteiger partial charge in [0.25, 0.3) is 5.91 Å². The summed E-state index contributed by atoms with van der Waals surface area (Å²) >= 11 is 1.60. The lowest BCUT2D eigenvalue weighted by atomic mass is 10.2. The van der Waals surface area contributed by atoms with Crippen molar-refractivity contribution in [2.45, 2.75) is 25.1 Å². The molecule has 1 aromatic carbocycles. The van der Waals surface area contributed by atoms with Crippen LogP contribution in [0, 0.1) is 0 Å². The number of likely N-dealkylation sites (tertiary alicyclic amines) is 1. The number of aromatic nitrogens is 1. The third kappa shape index (κ3) is 4.00. The van der Waals surface area contributed by atoms with E-state index in [4.69, 9.17) is 0 Å². The van der Waals surface area contributed by atoms with E-state index in [0.29, 0.717) is 0 Å². The van der Waals surface area contributed by atoms with Gasteiger partial charge in [0.1, 0.15) is 12.6 Å². The van der Waals surface area contributed by atoms with Crippen LogP contribution in [-0.2, 0) is 4.79 Å². The second kappa shape index (κ2) is 6.45. The van der Waals surface area contributed by atoms with E-state index in [1.165, 1.54) is 0 Å². The van der Waals surface area contributed by atoms with Crippen molar-refractivity contribution in [3.05, 3.63) is 29.3 Å². The van der Waals surface area contributed by atoms with Gasteiger partial charge in [-0.25, -0.2) is 4.98 Å². The number of hydrogen-bond donors (Lipinski definition) is 2. The van der Waals surface area contributed by atoms with Gasteiger partial charge < -0.3 is 10.2 Å². The third-order valence-corrected chi connectivity index (χ3v) is 5.12. The van der Waals surface area contributed by atoms with Gasteiger partial charge in [-0.2, -0.15) is 13.2 Å². The minimum atomic E-state index is -4.37. The average Bonchev–Trinajstić information content (AvgIpc) is 3.10. The Kier molecular flexibility index (Phi) is 4.54. The van der Waals surface area contributed by atoms with Gasteiger partial charge in [0.15, 0.2) is 11.6 Å². The van der Waals surface area contributed by atoms with Crippen molar-refractivity contribution in [2.24, 2.45) is 0 Å². The number of nitrogens with one attached hydrogen (secondary N) is 2. The Morgan fingerprint density at radius 1 is 1.39 bits per heavy atom. The van der Waals surface area contributed by atoms with Crippen molar-refractivity contribution in [1.82, 2.24) is 10.3 Å². The van der Waals surface area contributed by atoms with Crippen molar-refractivity contribution < 1.29 is 22.9 Å². The SMILES string of the molecule is O=C(C[NH+]1CCC[C@@H]1c1nc2ccccc2s1)NCC(F)(F)F. The smallest absolute Gasteiger partial charge is 0.342 e. The van der Waals surface area contributed by atoms with Crippen LogP contribution in [0.15, 0.2) is 24.3 Å². The third-order valence-electron chi connectivity index (χ3n) is 3.97. The molecule has 2 atom stereocenters. The van der Waals surface area contributed by atoms with Crippen LogP contribution >= 0.6 is 11.3 Å². The number of thiazole rings is 1. The number of alkyl halides is 3. The second-order valence-corrected chi connectivity index (χ2v) is 6.75. The molecule has 1 saturated heterocycles. The van der Waals surface area contributed by atoms with Gasteiger partial charge >= 0.3 is 6.18 Å². The molecule has 3 rings (SSSR count). The topological polar surface area (TPSA) is 46.4 Å². The predicted molar refractivity (Wildman–Crippen MR) is 81.4 cm³/mol. The second-order valence-electron chi connectivity index (χ2n) is 5.69. The van der Waals surface area contributed by atoms with Gasteiger partial charge in [0, 0.05) is 12.8 Å². The summed E-state index contributed by atoms with van der Waals surface area (Å²) < 4.78 is 37.6. The van der Waals surface area contributed by atoms with Crippen molar-refractivity contribution in [3.8, 4) is 0 Å². The lowest BCUT2D eigenvalue weighted by Crippen LogP contribution is -3.11. The molecule has 0 aliphatic carbocycles. The fraction of sp³-hybridized carbons (Fsp3) is 0.467. The monoisotopic (exact) mass is 344 g/mol. The lowest BCUT2D eigenvalue weighted by molar-refractivity contribution is -0.910. The molecule has 1 unspecified atom stereocenters. The molecule has 8 heteroatoms. The predicted octanol–water partition coefficient (Wildman–Crippen LogP) is 1.69. The molecule has 23 heavy (non-hydrogen) atoms. The Morgan fingerprint density at radius 2 is 2.17 bits per heavy atom. The molecule has 0 bridgehead atoms. The van der Waals surface area contributed by atoms with E-state index in [1.807, 2.05) is 29.6 Å². The molecule has 0 spiro atoms. The zero-order chi connectivity index (χ0) is 16.4. The number of nitrogens with zero attached hydrogens (tertiary/aromatic N) is 1. The Balaban J connectivity index is 1.66. The summed E-state index contributed by atoms with van der Waals surface area (Å²) in [7, 11) is 0. The number of carbonyl (C=O) groups excluding carboxylic acids is 1. The highest BCUT2D eigenvalue weighted by Crippen LogP contribution is 2.28. The summed E-state index contributed by atoms with van der Waals surface area (Å²) in [5.74, 6) is -0.565. The number of carbonyl (C=O) groups is 1. The van der Waals surface area contributed by atoms with Gasteiger partial charge in [0.2, 0.25) is 0 Å². The molecular weight excluding hydrogens is 327 g/mol. The quantitative estimate of drug-likeness (QED) is 0.887. The first-order chi connectivity index (χ1) is 10.9. The van der Waals surface area contributed by atoms with Gasteiger partial charge in [-0.3, -0.25) is 4.79 Å². The standard InChI is InChI=1S/C15H16F3N3OS/c16-15(17,18)9-19-13(22)8-21-7-3-5-11(21)14-20-10-4-1-2-6-12(10)23-14/h1-2,4,6,11H,3,5,7-9H2,(H,19,22)/p+1/t11-/m1/s1. The highest BCUT2D eigenvalue weighted by molar-refractivity contribution is 7.18. The maximum absolute atomic E-state index is 12.2. The van der Waals surface area contributed by atoms with Crippen molar-refractivity contribution in [1.29, 1.82) is 0 Å². The Labute approximate surface area is 135 Å². The number of quaternary nitrogens is 1. The molecule has 0 radical (unpaired) electrons. The number of para-hydroxylation sites is 1. The Morgan fingerprint density at radius 3 is 2.91 bits per heavy atom. The summed E-state index contributed by atoms with van der Waals surface area (Å²) in [4.78, 5) is 17.4. The first-order valence-corrected chi connectivity index (χ1v) is 8.27. The molecule has 1 aromatic heterocycles. The molecule has 2 heterocycles. The van der Waals surface area contributed by atoms with Crippen LogP contribution in [0.4, 0.5) is 13.2 Å². The molecule has 2 aromatic rings. The van der Waals surface area contributed by atoms with Crippen LogP contribution in [0.2, 0.25) is 0 Å². The van der Waals surface area contributed by atoms with E-state index in [-0.39, 0.29) is 12.6 Å². The molecule has 1 amide bonds. The van der Waals surface area contributed by atoms with E-state index in [1.54, 1.807) is 11.3 Å². The minimum absolute atomic E-state index is 0.0523. The van der Waals surface area contributed by atoms with Crippen LogP contribution in [0.1, 0.15) is 23.9 Å². The Hall–Kier alpha value is -1.67. The average molecular weight is 344 g/mol. The van der Waals surface area contributed by atoms with Crippen molar-refractivity contribution in [2.75, 3.05) is 19.6 Å². The maximum Gasteiger partial charge on any atom is 0.405 e. The number of amides is 1. The van der Waals surface area contributed by atoms with Gasteiger partial charge in [0.05, 0.1) is 16.8 Å². The fourth-order valence-electron chi connectivity index (χ4n) is 2.93. The van der Waals surface area contributed by atoms with Gasteiger partial charge in [-0.1, -0.05) is 12.1 Å². The molecular formula is C15H17F3N3OS+. The molecule has 1 aliphatic rings. The van der Waals surface area contributed by atoms with Crippen LogP contribution in [-0.4, -0.2) is 36.7 Å². The fourth-order valence-corrected chi connectivity index (χ4v) is 4.09. The number of hydrogen-bond acceptors (Lipinski definition) is 3. The lowest BCUT2D eigenvalue weighted by Gasteiger charge is -2.19. The van der Waals surface area contributed by atoms with E-state index < -0.39 is 18.6 Å². The molecule has 2 N–H and O–H groups in total. The van der Waals surface area contributed by atoms with Crippen molar-refractivity contribution >= 4 is 27.5 Å². The van der Waals surface area contributed by atoms with Crippen LogP contribution in [0.3, 0.4) is 0 Å². The van der Waals surface area contributed by atoms with E-state index in [9.17, 15) is 18.0 Å². The summed E-state index contributed by atoms with van der Waals surface area (Å²) in [6.07, 6.45) is -2.52. The summed E-state index contributed by atoms with van der Waals surface area (Å²) in [6, 6.07) is 7.91. The summed E-state index contributed by atoms with van der Waals surface area (Å²) in [6.45, 7) is -0.443. The highest BCUT2D eigenvalue weighted by Gasteiger charge is 2.35. The highest BCUT2D eigenvalue weighted by atomic mass is 32.1. The Bertz CT molecular complexity index is 668. The number of fused-ring (bicyclic) bond motifs is 1. The molecule has 1 fully saturated rings. The van der Waals surface area contributed by atoms with Crippen LogP contribution in [0.25, 0.3) is 10.2 Å². The van der Waals surface area contributed by atoms with E-state index in [0.717, 1.165) is 39.5 Å². The van der Waals surface area contributed by atoms with Crippen molar-refractivity contribution in [3.63, 3.8) is 0 Å². The number of benzene rings is 1. The summed E-state index contributed by atoms with van der Waals surface area (Å²) in [5, 5.41) is 2.91. The minimum Gasteiger partial charge on any atom is -0.342 e. The number of halogens is 3. The zero-order valence-electron chi connectivity index (χ0n) is 12.3. The molecule has 1 aliphatic heterocycles. The number of rotatable bonds is 4. The van der Waals surface area contributed by atoms with Crippen LogP contribution in [0.5, 0.6) is 0 Å². The van der Waals surface area contributed by atoms with E-state index in [2.05, 4.69) is 4.98 Å². The largest absolute Gasteiger partial charge is 0.405 e. The van der Waals surface area contributed by atoms with Gasteiger partial charge in [-0.05, 0) is 12.1 Å². The first-order valence-electron chi connectivity index (χ1n) is 7.46. The first kappa shape index (κ1) is 16.2. The van der Waals surface area contributed by atoms with Crippen LogP contribution < -0.4 is 10.2 Å². The zero-order valence-corrected chi connectivity index (χ0v) is 13.1. The molecule has 0 saturated carbocycles.